The summed E-state index contributed by atoms with van der Waals surface area (Å²) in [5.74, 6) is 0.780. The Morgan fingerprint density at radius 2 is 2.00 bits per heavy atom. The van der Waals surface area contributed by atoms with Gasteiger partial charge in [0.05, 0.1) is 12.8 Å². The number of carbonyl (C=O) groups excluding carboxylic acids is 1. The second kappa shape index (κ2) is 6.49. The highest BCUT2D eigenvalue weighted by molar-refractivity contribution is 7.88. The van der Waals surface area contributed by atoms with Crippen molar-refractivity contribution in [2.75, 3.05) is 25.9 Å². The molecule has 0 radical (unpaired) electrons. The molecule has 1 atom stereocenters. The summed E-state index contributed by atoms with van der Waals surface area (Å²) in [5.41, 5.74) is 1.17. The molecule has 2 aliphatic rings. The van der Waals surface area contributed by atoms with Crippen LogP contribution in [-0.4, -0.2) is 50.6 Å². The van der Waals surface area contributed by atoms with Crippen LogP contribution in [0.2, 0.25) is 0 Å². The van der Waals surface area contributed by atoms with Gasteiger partial charge in [-0.05, 0) is 24.5 Å². The van der Waals surface area contributed by atoms with Crippen LogP contribution in [0.25, 0.3) is 0 Å². The molecule has 1 aromatic carbocycles. The standard InChI is InChI=1S/C16H22N2O4S/c1-23(20,21)18-8-6-12(7-9-18)16(19)17-11-14-10-13-4-2-3-5-15(13)22-14/h2-5,12,14H,6-11H2,1H3,(H,17,19)/t14-/m1/s1. The molecule has 1 aromatic rings. The fraction of sp³-hybridized carbons (Fsp3) is 0.562. The van der Waals surface area contributed by atoms with Gasteiger partial charge in [-0.3, -0.25) is 4.79 Å². The predicted molar refractivity (Wildman–Crippen MR) is 86.7 cm³/mol. The van der Waals surface area contributed by atoms with Crippen molar-refractivity contribution in [3.8, 4) is 5.75 Å². The highest BCUT2D eigenvalue weighted by atomic mass is 32.2. The van der Waals surface area contributed by atoms with E-state index in [1.165, 1.54) is 16.1 Å². The van der Waals surface area contributed by atoms with Gasteiger partial charge in [0.2, 0.25) is 15.9 Å². The molecule has 0 unspecified atom stereocenters. The van der Waals surface area contributed by atoms with Crippen LogP contribution in [0.1, 0.15) is 18.4 Å². The average Bonchev–Trinajstić information content (AvgIpc) is 2.95. The van der Waals surface area contributed by atoms with E-state index in [4.69, 9.17) is 4.74 Å². The first-order valence-corrected chi connectivity index (χ1v) is 9.75. The van der Waals surface area contributed by atoms with E-state index in [2.05, 4.69) is 5.32 Å². The maximum atomic E-state index is 12.2. The smallest absolute Gasteiger partial charge is 0.223 e. The van der Waals surface area contributed by atoms with E-state index in [9.17, 15) is 13.2 Å². The van der Waals surface area contributed by atoms with Gasteiger partial charge in [0, 0.05) is 25.4 Å². The van der Waals surface area contributed by atoms with Gasteiger partial charge in [0.15, 0.2) is 0 Å². The van der Waals surface area contributed by atoms with Crippen molar-refractivity contribution in [3.05, 3.63) is 29.8 Å². The van der Waals surface area contributed by atoms with Crippen LogP contribution >= 0.6 is 0 Å². The lowest BCUT2D eigenvalue weighted by molar-refractivity contribution is -0.126. The maximum Gasteiger partial charge on any atom is 0.223 e. The summed E-state index contributed by atoms with van der Waals surface area (Å²) in [6, 6.07) is 7.91. The number of para-hydroxylation sites is 1. The van der Waals surface area contributed by atoms with Crippen LogP contribution in [0.4, 0.5) is 0 Å². The molecule has 1 amide bonds. The quantitative estimate of drug-likeness (QED) is 0.880. The minimum atomic E-state index is -3.15. The summed E-state index contributed by atoms with van der Waals surface area (Å²) in [7, 11) is -3.15. The lowest BCUT2D eigenvalue weighted by atomic mass is 9.97. The highest BCUT2D eigenvalue weighted by Gasteiger charge is 2.30. The number of ether oxygens (including phenoxy) is 1. The number of sulfonamides is 1. The number of hydrogen-bond acceptors (Lipinski definition) is 4. The van der Waals surface area contributed by atoms with E-state index in [1.54, 1.807) is 0 Å². The number of amides is 1. The van der Waals surface area contributed by atoms with Crippen molar-refractivity contribution in [1.29, 1.82) is 0 Å². The van der Waals surface area contributed by atoms with Crippen LogP contribution in [0, 0.1) is 5.92 Å². The molecule has 1 fully saturated rings. The van der Waals surface area contributed by atoms with Crippen molar-refractivity contribution in [2.45, 2.75) is 25.4 Å². The van der Waals surface area contributed by atoms with E-state index < -0.39 is 10.0 Å². The molecule has 2 aliphatic heterocycles. The highest BCUT2D eigenvalue weighted by Crippen LogP contribution is 2.28. The molecule has 3 rings (SSSR count). The first-order chi connectivity index (χ1) is 10.9. The summed E-state index contributed by atoms with van der Waals surface area (Å²) < 4.78 is 30.2. The molecule has 0 aromatic heterocycles. The maximum absolute atomic E-state index is 12.2. The Morgan fingerprint density at radius 1 is 1.30 bits per heavy atom. The van der Waals surface area contributed by atoms with Crippen LogP contribution in [0.5, 0.6) is 5.75 Å². The van der Waals surface area contributed by atoms with Gasteiger partial charge in [-0.1, -0.05) is 18.2 Å². The number of benzene rings is 1. The van der Waals surface area contributed by atoms with Gasteiger partial charge in [-0.2, -0.15) is 0 Å². The number of hydrogen-bond donors (Lipinski definition) is 1. The molecule has 0 saturated carbocycles. The third kappa shape index (κ3) is 3.84. The number of carbonyl (C=O) groups is 1. The molecule has 7 heteroatoms. The Hall–Kier alpha value is -1.60. The fourth-order valence-electron chi connectivity index (χ4n) is 3.18. The summed E-state index contributed by atoms with van der Waals surface area (Å²) in [5, 5.41) is 2.95. The molecule has 6 nitrogen and oxygen atoms in total. The van der Waals surface area contributed by atoms with Crippen LogP contribution in [0.3, 0.4) is 0 Å². The second-order valence-electron chi connectivity index (χ2n) is 6.23. The SMILES string of the molecule is CS(=O)(=O)N1CCC(C(=O)NC[C@H]2Cc3ccccc3O2)CC1. The zero-order valence-corrected chi connectivity index (χ0v) is 14.0. The van der Waals surface area contributed by atoms with Gasteiger partial charge in [0.25, 0.3) is 0 Å². The number of rotatable bonds is 4. The first kappa shape index (κ1) is 16.3. The molecular formula is C16H22N2O4S. The van der Waals surface area contributed by atoms with Gasteiger partial charge in [0.1, 0.15) is 11.9 Å². The third-order valence-corrected chi connectivity index (χ3v) is 5.81. The van der Waals surface area contributed by atoms with Gasteiger partial charge < -0.3 is 10.1 Å². The molecule has 1 N–H and O–H groups in total. The Balaban J connectivity index is 1.45. The molecule has 23 heavy (non-hydrogen) atoms. The molecule has 126 valence electrons. The van der Waals surface area contributed by atoms with E-state index in [0.717, 1.165) is 12.2 Å². The minimum Gasteiger partial charge on any atom is -0.488 e. The molecule has 1 saturated heterocycles. The second-order valence-corrected chi connectivity index (χ2v) is 8.22. The monoisotopic (exact) mass is 338 g/mol. The van der Waals surface area contributed by atoms with E-state index in [1.807, 2.05) is 24.3 Å². The lowest BCUT2D eigenvalue weighted by Crippen LogP contribution is -2.44. The molecule has 0 aliphatic carbocycles. The lowest BCUT2D eigenvalue weighted by Gasteiger charge is -2.29. The minimum absolute atomic E-state index is 0.00212. The Labute approximate surface area is 136 Å². The van der Waals surface area contributed by atoms with Crippen molar-refractivity contribution in [2.24, 2.45) is 5.92 Å². The van der Waals surface area contributed by atoms with Crippen molar-refractivity contribution in [1.82, 2.24) is 9.62 Å². The van der Waals surface area contributed by atoms with Crippen molar-refractivity contribution >= 4 is 15.9 Å². The number of nitrogens with one attached hydrogen (secondary N) is 1. The van der Waals surface area contributed by atoms with Crippen LogP contribution < -0.4 is 10.1 Å². The van der Waals surface area contributed by atoms with Crippen LogP contribution in [-0.2, 0) is 21.2 Å². The summed E-state index contributed by atoms with van der Waals surface area (Å²) in [6.45, 7) is 1.32. The zero-order valence-electron chi connectivity index (χ0n) is 13.2. The Morgan fingerprint density at radius 3 is 2.65 bits per heavy atom. The Bertz CT molecular complexity index is 656. The molecular weight excluding hydrogens is 316 g/mol. The van der Waals surface area contributed by atoms with Gasteiger partial charge in [-0.25, -0.2) is 12.7 Å². The first-order valence-electron chi connectivity index (χ1n) is 7.91. The van der Waals surface area contributed by atoms with Crippen molar-refractivity contribution < 1.29 is 17.9 Å². The predicted octanol–water partition coefficient (Wildman–Crippen LogP) is 0.778. The number of nitrogens with zero attached hydrogens (tertiary/aromatic N) is 1. The number of fused-ring (bicyclic) bond motifs is 1. The number of piperidine rings is 1. The average molecular weight is 338 g/mol. The van der Waals surface area contributed by atoms with Gasteiger partial charge in [-0.15, -0.1) is 0 Å². The molecule has 0 spiro atoms. The molecule has 0 bridgehead atoms. The Kier molecular flexibility index (Phi) is 4.59. The van der Waals surface area contributed by atoms with E-state index in [0.29, 0.717) is 32.5 Å². The zero-order chi connectivity index (χ0) is 16.4. The van der Waals surface area contributed by atoms with Gasteiger partial charge >= 0.3 is 0 Å². The molecule has 2 heterocycles. The van der Waals surface area contributed by atoms with Crippen molar-refractivity contribution in [3.63, 3.8) is 0 Å². The van der Waals surface area contributed by atoms with E-state index >= 15 is 0 Å². The normalized spacial score (nSPS) is 22.4. The fourth-order valence-corrected chi connectivity index (χ4v) is 4.05. The summed E-state index contributed by atoms with van der Waals surface area (Å²) in [4.78, 5) is 12.2. The topological polar surface area (TPSA) is 75.7 Å². The van der Waals surface area contributed by atoms with Crippen LogP contribution in [0.15, 0.2) is 24.3 Å². The third-order valence-electron chi connectivity index (χ3n) is 4.51. The summed E-state index contributed by atoms with van der Waals surface area (Å²) in [6.07, 6.45) is 3.15. The van der Waals surface area contributed by atoms with E-state index in [-0.39, 0.29) is 17.9 Å². The largest absolute Gasteiger partial charge is 0.488 e. The summed E-state index contributed by atoms with van der Waals surface area (Å²) >= 11 is 0.